The van der Waals surface area contributed by atoms with Crippen LogP contribution < -0.4 is 5.32 Å². The fraction of sp³-hybridized carbons (Fsp3) is 0.143. The van der Waals surface area contributed by atoms with E-state index in [1.807, 2.05) is 12.3 Å². The molecule has 4 heteroatoms. The van der Waals surface area contributed by atoms with Crippen molar-refractivity contribution in [2.75, 3.05) is 5.32 Å². The van der Waals surface area contributed by atoms with Crippen molar-refractivity contribution in [3.63, 3.8) is 0 Å². The first-order valence-corrected chi connectivity index (χ1v) is 8.47. The van der Waals surface area contributed by atoms with Gasteiger partial charge in [0, 0.05) is 29.2 Å². The number of aryl methyl sites for hydroxylation is 2. The van der Waals surface area contributed by atoms with Crippen LogP contribution in [-0.4, -0.2) is 14.5 Å². The van der Waals surface area contributed by atoms with Crippen LogP contribution >= 0.6 is 0 Å². The largest absolute Gasteiger partial charge is 0.360 e. The number of aromatic nitrogens is 3. The molecule has 1 atom stereocenters. The molecule has 3 heterocycles. The Hall–Kier alpha value is -3.14. The van der Waals surface area contributed by atoms with Crippen molar-refractivity contribution in [1.82, 2.24) is 14.5 Å². The number of hydrogen-bond acceptors (Lipinski definition) is 3. The van der Waals surface area contributed by atoms with Gasteiger partial charge < -0.3 is 5.32 Å². The van der Waals surface area contributed by atoms with Gasteiger partial charge in [-0.25, -0.2) is 4.98 Å². The molecular formula is C21H18N4. The molecule has 0 aliphatic carbocycles. The third-order valence-corrected chi connectivity index (χ3v) is 5.02. The van der Waals surface area contributed by atoms with Gasteiger partial charge in [0.25, 0.3) is 0 Å². The number of nitrogens with one attached hydrogen (secondary N) is 1. The van der Waals surface area contributed by atoms with Gasteiger partial charge in [0.05, 0.1) is 11.0 Å². The monoisotopic (exact) mass is 326 g/mol. The molecule has 2 aromatic heterocycles. The van der Waals surface area contributed by atoms with Crippen molar-refractivity contribution >= 4 is 16.7 Å². The van der Waals surface area contributed by atoms with Crippen LogP contribution in [0, 0.1) is 13.8 Å². The minimum atomic E-state index is -0.0225. The summed E-state index contributed by atoms with van der Waals surface area (Å²) < 4.78 is 2.29. The summed E-state index contributed by atoms with van der Waals surface area (Å²) in [4.78, 5) is 9.29. The first-order chi connectivity index (χ1) is 12.2. The van der Waals surface area contributed by atoms with Crippen molar-refractivity contribution in [3.8, 4) is 11.4 Å². The third kappa shape index (κ3) is 2.07. The van der Waals surface area contributed by atoms with E-state index >= 15 is 0 Å². The molecular weight excluding hydrogens is 308 g/mol. The van der Waals surface area contributed by atoms with E-state index in [2.05, 4.69) is 71.2 Å². The molecule has 0 radical (unpaired) electrons. The molecule has 1 aliphatic heterocycles. The molecule has 0 spiro atoms. The average Bonchev–Trinajstić information content (AvgIpc) is 3.01. The van der Waals surface area contributed by atoms with Crippen LogP contribution in [0.5, 0.6) is 0 Å². The topological polar surface area (TPSA) is 42.7 Å². The summed E-state index contributed by atoms with van der Waals surface area (Å²) in [6.07, 6.45) is 3.70. The van der Waals surface area contributed by atoms with E-state index in [1.54, 1.807) is 6.20 Å². The lowest BCUT2D eigenvalue weighted by Gasteiger charge is -2.30. The lowest BCUT2D eigenvalue weighted by Crippen LogP contribution is -2.24. The molecule has 1 unspecified atom stereocenters. The van der Waals surface area contributed by atoms with Gasteiger partial charge in [-0.3, -0.25) is 9.55 Å². The van der Waals surface area contributed by atoms with Crippen molar-refractivity contribution in [1.29, 1.82) is 0 Å². The van der Waals surface area contributed by atoms with Crippen LogP contribution in [0.1, 0.15) is 22.9 Å². The molecule has 5 rings (SSSR count). The van der Waals surface area contributed by atoms with Gasteiger partial charge in [-0.2, -0.15) is 0 Å². The maximum Gasteiger partial charge on any atom is 0.145 e. The second-order valence-electron chi connectivity index (χ2n) is 6.61. The van der Waals surface area contributed by atoms with Gasteiger partial charge in [-0.1, -0.05) is 18.2 Å². The first kappa shape index (κ1) is 14.2. The Morgan fingerprint density at radius 2 is 1.84 bits per heavy atom. The highest BCUT2D eigenvalue weighted by atomic mass is 15.2. The van der Waals surface area contributed by atoms with Crippen molar-refractivity contribution < 1.29 is 0 Å². The summed E-state index contributed by atoms with van der Waals surface area (Å²) in [7, 11) is 0. The number of pyridine rings is 1. The van der Waals surface area contributed by atoms with E-state index in [9.17, 15) is 0 Å². The molecule has 4 aromatic rings. The van der Waals surface area contributed by atoms with Crippen LogP contribution in [0.25, 0.3) is 22.4 Å². The number of fused-ring (bicyclic) bond motifs is 5. The molecule has 25 heavy (non-hydrogen) atoms. The second kappa shape index (κ2) is 5.18. The molecule has 0 fully saturated rings. The third-order valence-electron chi connectivity index (χ3n) is 5.02. The Kier molecular flexibility index (Phi) is 2.95. The van der Waals surface area contributed by atoms with Gasteiger partial charge in [-0.05, 0) is 55.3 Å². The van der Waals surface area contributed by atoms with Gasteiger partial charge in [0.15, 0.2) is 0 Å². The summed E-state index contributed by atoms with van der Waals surface area (Å²) in [6, 6.07) is 16.8. The lowest BCUT2D eigenvalue weighted by molar-refractivity contribution is 0.666. The van der Waals surface area contributed by atoms with Gasteiger partial charge in [0.2, 0.25) is 0 Å². The van der Waals surface area contributed by atoms with E-state index in [0.29, 0.717) is 0 Å². The van der Waals surface area contributed by atoms with Gasteiger partial charge in [0.1, 0.15) is 12.0 Å². The fourth-order valence-electron chi connectivity index (χ4n) is 3.59. The van der Waals surface area contributed by atoms with Gasteiger partial charge in [-0.15, -0.1) is 0 Å². The zero-order valence-electron chi connectivity index (χ0n) is 14.2. The fourth-order valence-corrected chi connectivity index (χ4v) is 3.59. The number of rotatable bonds is 1. The number of anilines is 1. The van der Waals surface area contributed by atoms with Crippen LogP contribution in [-0.2, 0) is 0 Å². The second-order valence-corrected chi connectivity index (χ2v) is 6.61. The predicted octanol–water partition coefficient (Wildman–Crippen LogP) is 4.69. The zero-order chi connectivity index (χ0) is 17.0. The molecule has 0 amide bonds. The number of para-hydroxylation sites is 1. The highest BCUT2D eigenvalue weighted by Crippen LogP contribution is 2.40. The Balaban J connectivity index is 1.86. The van der Waals surface area contributed by atoms with Crippen LogP contribution in [0.3, 0.4) is 0 Å². The normalized spacial score (nSPS) is 15.5. The highest BCUT2D eigenvalue weighted by molar-refractivity contribution is 5.87. The number of hydrogen-bond donors (Lipinski definition) is 1. The summed E-state index contributed by atoms with van der Waals surface area (Å²) in [6.45, 7) is 4.29. The lowest BCUT2D eigenvalue weighted by atomic mass is 10.1. The van der Waals surface area contributed by atoms with Crippen molar-refractivity contribution in [2.45, 2.75) is 20.0 Å². The maximum absolute atomic E-state index is 4.97. The van der Waals surface area contributed by atoms with Crippen LogP contribution in [0.15, 0.2) is 60.9 Å². The summed E-state index contributed by atoms with van der Waals surface area (Å²) in [5.74, 6) is 1.00. The van der Waals surface area contributed by atoms with E-state index in [0.717, 1.165) is 33.7 Å². The Labute approximate surface area is 146 Å². The minimum Gasteiger partial charge on any atom is -0.360 e. The Bertz CT molecular complexity index is 1100. The summed E-state index contributed by atoms with van der Waals surface area (Å²) in [5, 5.41) is 3.66. The predicted molar refractivity (Wildman–Crippen MR) is 101 cm³/mol. The maximum atomic E-state index is 4.97. The van der Waals surface area contributed by atoms with Crippen molar-refractivity contribution in [3.05, 3.63) is 77.6 Å². The van der Waals surface area contributed by atoms with Crippen molar-refractivity contribution in [2.24, 2.45) is 0 Å². The molecule has 0 bridgehead atoms. The van der Waals surface area contributed by atoms with E-state index in [4.69, 9.17) is 4.98 Å². The Morgan fingerprint density at radius 3 is 2.68 bits per heavy atom. The zero-order valence-corrected chi connectivity index (χ0v) is 14.2. The molecule has 4 nitrogen and oxygen atoms in total. The average molecular weight is 326 g/mol. The number of benzene rings is 2. The van der Waals surface area contributed by atoms with Crippen LogP contribution in [0.2, 0.25) is 0 Å². The van der Waals surface area contributed by atoms with Gasteiger partial charge >= 0.3 is 0 Å². The van der Waals surface area contributed by atoms with E-state index in [1.165, 1.54) is 11.1 Å². The first-order valence-electron chi connectivity index (χ1n) is 8.47. The smallest absolute Gasteiger partial charge is 0.145 e. The quantitative estimate of drug-likeness (QED) is 0.552. The standard InChI is InChI=1S/C21H18N4/c1-13-10-18-19(11-14(13)2)25-20(15-6-5-9-22-12-15)23-17-8-4-3-7-16(17)21(25)24-18/h3-12,20,23H,1-2H3. The highest BCUT2D eigenvalue weighted by Gasteiger charge is 2.28. The molecule has 0 saturated heterocycles. The Morgan fingerprint density at radius 1 is 1.00 bits per heavy atom. The SMILES string of the molecule is Cc1cc2nc3n(c2cc1C)C(c1cccnc1)Nc1ccccc1-3. The minimum absolute atomic E-state index is 0.0225. The molecule has 2 aromatic carbocycles. The number of nitrogens with zero attached hydrogens (tertiary/aromatic N) is 3. The molecule has 122 valence electrons. The summed E-state index contributed by atoms with van der Waals surface area (Å²) >= 11 is 0. The number of imidazole rings is 1. The molecule has 1 aliphatic rings. The molecule has 0 saturated carbocycles. The van der Waals surface area contributed by atoms with Crippen LogP contribution in [0.4, 0.5) is 5.69 Å². The van der Waals surface area contributed by atoms with E-state index < -0.39 is 0 Å². The van der Waals surface area contributed by atoms with E-state index in [-0.39, 0.29) is 6.17 Å². The summed E-state index contributed by atoms with van der Waals surface area (Å²) in [5.41, 5.74) is 8.08. The molecule has 1 N–H and O–H groups in total.